The molecular formula is C14H20ClNO3S. The summed E-state index contributed by atoms with van der Waals surface area (Å²) >= 11 is 0. The predicted molar refractivity (Wildman–Crippen MR) is 80.8 cm³/mol. The van der Waals surface area contributed by atoms with Crippen LogP contribution in [0.15, 0.2) is 17.0 Å². The van der Waals surface area contributed by atoms with Crippen molar-refractivity contribution >= 4 is 25.6 Å². The van der Waals surface area contributed by atoms with Crippen LogP contribution in [0.1, 0.15) is 47.7 Å². The fraction of sp³-hybridized carbons (Fsp3) is 0.500. The molecule has 0 aliphatic carbocycles. The fourth-order valence-electron chi connectivity index (χ4n) is 1.89. The van der Waals surface area contributed by atoms with Crippen LogP contribution in [0, 0.1) is 13.8 Å². The number of carbonyl (C=O) groups excluding carboxylic acids is 1. The van der Waals surface area contributed by atoms with Gasteiger partial charge in [-0.1, -0.05) is 19.8 Å². The second-order valence-corrected chi connectivity index (χ2v) is 7.35. The topological polar surface area (TPSA) is 63.2 Å². The Morgan fingerprint density at radius 2 is 1.90 bits per heavy atom. The molecule has 0 aliphatic heterocycles. The van der Waals surface area contributed by atoms with Gasteiger partial charge in [0.2, 0.25) is 0 Å². The van der Waals surface area contributed by atoms with Gasteiger partial charge in [0.1, 0.15) is 0 Å². The number of amides is 1. The molecule has 0 bridgehead atoms. The third-order valence-electron chi connectivity index (χ3n) is 3.21. The highest BCUT2D eigenvalue weighted by Gasteiger charge is 2.18. The Labute approximate surface area is 124 Å². The first-order valence-corrected chi connectivity index (χ1v) is 8.92. The molecule has 1 N–H and O–H groups in total. The summed E-state index contributed by atoms with van der Waals surface area (Å²) < 4.78 is 23.0. The van der Waals surface area contributed by atoms with Crippen molar-refractivity contribution in [2.24, 2.45) is 0 Å². The van der Waals surface area contributed by atoms with E-state index in [-0.39, 0.29) is 10.8 Å². The third kappa shape index (κ3) is 4.49. The van der Waals surface area contributed by atoms with E-state index in [1.54, 1.807) is 19.9 Å². The molecule has 0 fully saturated rings. The minimum atomic E-state index is -3.85. The molecule has 6 heteroatoms. The van der Waals surface area contributed by atoms with E-state index >= 15 is 0 Å². The molecule has 1 amide bonds. The van der Waals surface area contributed by atoms with E-state index in [1.165, 1.54) is 6.07 Å². The molecule has 0 atom stereocenters. The quantitative estimate of drug-likeness (QED) is 0.647. The minimum absolute atomic E-state index is 0.00197. The number of rotatable bonds is 6. The highest BCUT2D eigenvalue weighted by molar-refractivity contribution is 8.13. The van der Waals surface area contributed by atoms with Crippen molar-refractivity contribution in [2.75, 3.05) is 6.54 Å². The van der Waals surface area contributed by atoms with Gasteiger partial charge < -0.3 is 5.32 Å². The van der Waals surface area contributed by atoms with Gasteiger partial charge in [0.15, 0.2) is 0 Å². The summed E-state index contributed by atoms with van der Waals surface area (Å²) in [5.74, 6) is -0.272. The van der Waals surface area contributed by atoms with Gasteiger partial charge in [-0.2, -0.15) is 0 Å². The Morgan fingerprint density at radius 3 is 2.45 bits per heavy atom. The average Bonchev–Trinajstić information content (AvgIpc) is 2.36. The average molecular weight is 318 g/mol. The van der Waals surface area contributed by atoms with Crippen LogP contribution >= 0.6 is 10.7 Å². The van der Waals surface area contributed by atoms with Crippen molar-refractivity contribution in [2.45, 2.75) is 44.9 Å². The van der Waals surface area contributed by atoms with Crippen LogP contribution in [0.5, 0.6) is 0 Å². The van der Waals surface area contributed by atoms with Crippen molar-refractivity contribution in [3.63, 3.8) is 0 Å². The number of nitrogens with one attached hydrogen (secondary N) is 1. The lowest BCUT2D eigenvalue weighted by Gasteiger charge is -2.10. The molecule has 1 rings (SSSR count). The van der Waals surface area contributed by atoms with Crippen molar-refractivity contribution < 1.29 is 13.2 Å². The number of benzene rings is 1. The summed E-state index contributed by atoms with van der Waals surface area (Å²) in [6.45, 7) is 6.10. The molecule has 0 radical (unpaired) electrons. The van der Waals surface area contributed by atoms with Crippen molar-refractivity contribution in [3.8, 4) is 0 Å². The second kappa shape index (κ2) is 7.09. The molecule has 0 aliphatic rings. The molecule has 112 valence electrons. The molecule has 0 heterocycles. The van der Waals surface area contributed by atoms with Crippen LogP contribution in [-0.2, 0) is 9.05 Å². The monoisotopic (exact) mass is 317 g/mol. The van der Waals surface area contributed by atoms with E-state index in [1.807, 2.05) is 0 Å². The molecule has 1 aromatic rings. The van der Waals surface area contributed by atoms with Crippen molar-refractivity contribution in [1.29, 1.82) is 0 Å². The number of unbranched alkanes of at least 4 members (excludes halogenated alkanes) is 2. The Bertz CT molecular complexity index is 597. The maximum absolute atomic E-state index is 12.0. The molecule has 1 aromatic carbocycles. The van der Waals surface area contributed by atoms with E-state index in [0.717, 1.165) is 24.8 Å². The Kier molecular flexibility index (Phi) is 6.02. The lowest BCUT2D eigenvalue weighted by atomic mass is 10.1. The summed E-state index contributed by atoms with van der Waals surface area (Å²) in [6.07, 6.45) is 3.04. The van der Waals surface area contributed by atoms with E-state index in [4.69, 9.17) is 10.7 Å². The molecule has 0 spiro atoms. The molecule has 0 aromatic heterocycles. The van der Waals surface area contributed by atoms with E-state index in [2.05, 4.69) is 12.2 Å². The second-order valence-electron chi connectivity index (χ2n) is 4.82. The fourth-order valence-corrected chi connectivity index (χ4v) is 3.17. The summed E-state index contributed by atoms with van der Waals surface area (Å²) in [7, 11) is 1.55. The summed E-state index contributed by atoms with van der Waals surface area (Å²) in [5, 5.41) is 2.78. The van der Waals surface area contributed by atoms with Gasteiger partial charge >= 0.3 is 0 Å². The largest absolute Gasteiger partial charge is 0.352 e. The Morgan fingerprint density at radius 1 is 1.25 bits per heavy atom. The third-order valence-corrected chi connectivity index (χ3v) is 4.66. The zero-order chi connectivity index (χ0) is 15.3. The number of carbonyl (C=O) groups is 1. The highest BCUT2D eigenvalue weighted by atomic mass is 35.7. The van der Waals surface area contributed by atoms with Crippen LogP contribution in [-0.4, -0.2) is 20.9 Å². The standard InChI is InChI=1S/C14H20ClNO3S/c1-4-5-6-7-16-14(17)12-8-10(2)11(3)13(9-12)20(15,18)19/h8-9H,4-7H2,1-3H3,(H,16,17). The first kappa shape index (κ1) is 17.0. The first-order valence-electron chi connectivity index (χ1n) is 6.61. The van der Waals surface area contributed by atoms with Gasteiger partial charge in [0.25, 0.3) is 15.0 Å². The molecule has 20 heavy (non-hydrogen) atoms. The lowest BCUT2D eigenvalue weighted by Crippen LogP contribution is -2.24. The number of halogens is 1. The lowest BCUT2D eigenvalue weighted by molar-refractivity contribution is 0.0952. The van der Waals surface area contributed by atoms with Gasteiger partial charge in [0, 0.05) is 22.8 Å². The van der Waals surface area contributed by atoms with Crippen LogP contribution in [0.3, 0.4) is 0 Å². The molecular weight excluding hydrogens is 298 g/mol. The highest BCUT2D eigenvalue weighted by Crippen LogP contribution is 2.24. The van der Waals surface area contributed by atoms with Crippen LogP contribution in [0.2, 0.25) is 0 Å². The smallest absolute Gasteiger partial charge is 0.261 e. The summed E-state index contributed by atoms with van der Waals surface area (Å²) in [4.78, 5) is 12.0. The van der Waals surface area contributed by atoms with Crippen molar-refractivity contribution in [3.05, 3.63) is 28.8 Å². The van der Waals surface area contributed by atoms with Gasteiger partial charge in [0.05, 0.1) is 4.90 Å². The maximum Gasteiger partial charge on any atom is 0.261 e. The summed E-state index contributed by atoms with van der Waals surface area (Å²) in [5.41, 5.74) is 1.62. The van der Waals surface area contributed by atoms with Crippen molar-refractivity contribution in [1.82, 2.24) is 5.32 Å². The van der Waals surface area contributed by atoms with Gasteiger partial charge in [-0.3, -0.25) is 4.79 Å². The molecule has 0 unspecified atom stereocenters. The normalized spacial score (nSPS) is 11.4. The number of hydrogen-bond donors (Lipinski definition) is 1. The summed E-state index contributed by atoms with van der Waals surface area (Å²) in [6, 6.07) is 3.01. The van der Waals surface area contributed by atoms with Crippen LogP contribution in [0.4, 0.5) is 0 Å². The Balaban J connectivity index is 2.97. The van der Waals surface area contributed by atoms with E-state index in [0.29, 0.717) is 17.7 Å². The zero-order valence-corrected chi connectivity index (χ0v) is 13.6. The maximum atomic E-state index is 12.0. The van der Waals surface area contributed by atoms with Gasteiger partial charge in [-0.15, -0.1) is 0 Å². The predicted octanol–water partition coefficient (Wildman–Crippen LogP) is 3.15. The van der Waals surface area contributed by atoms with Crippen LogP contribution in [0.25, 0.3) is 0 Å². The zero-order valence-electron chi connectivity index (χ0n) is 12.0. The van der Waals surface area contributed by atoms with E-state index < -0.39 is 9.05 Å². The Hall–Kier alpha value is -1.07. The minimum Gasteiger partial charge on any atom is -0.352 e. The SMILES string of the molecule is CCCCCNC(=O)c1cc(C)c(C)c(S(=O)(=O)Cl)c1. The van der Waals surface area contributed by atoms with Crippen LogP contribution < -0.4 is 5.32 Å². The molecule has 0 saturated heterocycles. The van der Waals surface area contributed by atoms with Gasteiger partial charge in [-0.05, 0) is 43.5 Å². The number of aryl methyl sites for hydroxylation is 1. The molecule has 4 nitrogen and oxygen atoms in total. The first-order chi connectivity index (χ1) is 9.27. The van der Waals surface area contributed by atoms with Gasteiger partial charge in [-0.25, -0.2) is 8.42 Å². The number of hydrogen-bond acceptors (Lipinski definition) is 3. The molecule has 0 saturated carbocycles. The van der Waals surface area contributed by atoms with E-state index in [9.17, 15) is 13.2 Å².